The first-order valence-electron chi connectivity index (χ1n) is 7.28. The summed E-state index contributed by atoms with van der Waals surface area (Å²) in [5.41, 5.74) is 2.02. The monoisotopic (exact) mass is 276 g/mol. The second kappa shape index (κ2) is 6.27. The van der Waals surface area contributed by atoms with Gasteiger partial charge < -0.3 is 15.7 Å². The van der Waals surface area contributed by atoms with Gasteiger partial charge in [-0.25, -0.2) is 0 Å². The van der Waals surface area contributed by atoms with Crippen molar-refractivity contribution in [1.82, 2.24) is 0 Å². The van der Waals surface area contributed by atoms with Crippen molar-refractivity contribution in [3.05, 3.63) is 24.3 Å². The van der Waals surface area contributed by atoms with Gasteiger partial charge >= 0.3 is 0 Å². The standard InChI is InChI=1S/C16H24N2O2/c1-16(2)9-4-3-8-14(16)17-12-6-5-7-13(10-12)18-15(20)11-19/h5-7,10,14,17,19H,3-4,8-9,11H2,1-2H3,(H,18,20). The minimum absolute atomic E-state index is 0.294. The van der Waals surface area contributed by atoms with Crippen LogP contribution in [0.5, 0.6) is 0 Å². The lowest BCUT2D eigenvalue weighted by Gasteiger charge is -2.39. The summed E-state index contributed by atoms with van der Waals surface area (Å²) in [6.07, 6.45) is 4.99. The predicted octanol–water partition coefficient (Wildman–Crippen LogP) is 3.00. The third-order valence-electron chi connectivity index (χ3n) is 4.14. The van der Waals surface area contributed by atoms with E-state index in [1.165, 1.54) is 25.7 Å². The summed E-state index contributed by atoms with van der Waals surface area (Å²) in [4.78, 5) is 11.2. The summed E-state index contributed by atoms with van der Waals surface area (Å²) in [7, 11) is 0. The molecular weight excluding hydrogens is 252 g/mol. The first-order valence-corrected chi connectivity index (χ1v) is 7.28. The summed E-state index contributed by atoms with van der Waals surface area (Å²) in [6, 6.07) is 8.12. The Morgan fingerprint density at radius 3 is 2.80 bits per heavy atom. The highest BCUT2D eigenvalue weighted by Crippen LogP contribution is 2.37. The number of benzene rings is 1. The molecule has 1 unspecified atom stereocenters. The molecule has 110 valence electrons. The molecule has 3 N–H and O–H groups in total. The molecule has 0 aliphatic heterocycles. The Kier molecular flexibility index (Phi) is 4.65. The van der Waals surface area contributed by atoms with Crippen LogP contribution in [0.1, 0.15) is 39.5 Å². The van der Waals surface area contributed by atoms with Crippen molar-refractivity contribution in [1.29, 1.82) is 0 Å². The molecule has 1 amide bonds. The number of carbonyl (C=O) groups excluding carboxylic acids is 1. The van der Waals surface area contributed by atoms with Gasteiger partial charge in [0.05, 0.1) is 0 Å². The fourth-order valence-corrected chi connectivity index (χ4v) is 2.85. The number of anilines is 2. The average molecular weight is 276 g/mol. The van der Waals surface area contributed by atoms with Crippen LogP contribution in [0.4, 0.5) is 11.4 Å². The van der Waals surface area contributed by atoms with Crippen LogP contribution in [0.15, 0.2) is 24.3 Å². The van der Waals surface area contributed by atoms with Crippen molar-refractivity contribution in [3.63, 3.8) is 0 Å². The van der Waals surface area contributed by atoms with E-state index in [9.17, 15) is 4.79 Å². The molecule has 1 aliphatic rings. The van der Waals surface area contributed by atoms with Gasteiger partial charge in [-0.2, -0.15) is 0 Å². The topological polar surface area (TPSA) is 61.4 Å². The summed E-state index contributed by atoms with van der Waals surface area (Å²) in [5, 5.41) is 15.0. The average Bonchev–Trinajstić information content (AvgIpc) is 2.41. The van der Waals surface area contributed by atoms with Crippen LogP contribution < -0.4 is 10.6 Å². The highest BCUT2D eigenvalue weighted by atomic mass is 16.3. The van der Waals surface area contributed by atoms with Crippen molar-refractivity contribution in [2.24, 2.45) is 5.41 Å². The number of nitrogens with one attached hydrogen (secondary N) is 2. The normalized spacial score (nSPS) is 21.2. The Hall–Kier alpha value is -1.55. The van der Waals surface area contributed by atoms with Crippen molar-refractivity contribution in [2.45, 2.75) is 45.6 Å². The Labute approximate surface area is 120 Å². The van der Waals surface area contributed by atoms with Crippen LogP contribution in [0, 0.1) is 5.41 Å². The molecule has 1 fully saturated rings. The molecule has 4 heteroatoms. The molecule has 0 saturated heterocycles. The van der Waals surface area contributed by atoms with Crippen molar-refractivity contribution >= 4 is 17.3 Å². The van der Waals surface area contributed by atoms with Crippen LogP contribution >= 0.6 is 0 Å². The van der Waals surface area contributed by atoms with E-state index in [0.717, 1.165) is 5.69 Å². The molecule has 0 radical (unpaired) electrons. The fraction of sp³-hybridized carbons (Fsp3) is 0.562. The van der Waals surface area contributed by atoms with Crippen molar-refractivity contribution < 1.29 is 9.90 Å². The van der Waals surface area contributed by atoms with Gasteiger partial charge in [-0.05, 0) is 36.5 Å². The molecule has 1 atom stereocenters. The molecule has 0 aromatic heterocycles. The number of hydrogen-bond acceptors (Lipinski definition) is 3. The van der Waals surface area contributed by atoms with E-state index in [1.54, 1.807) is 0 Å². The second-order valence-corrected chi connectivity index (χ2v) is 6.22. The minimum Gasteiger partial charge on any atom is -0.387 e. The maximum Gasteiger partial charge on any atom is 0.250 e. The lowest BCUT2D eigenvalue weighted by atomic mass is 9.73. The van der Waals surface area contributed by atoms with Crippen LogP contribution in [0.25, 0.3) is 0 Å². The summed E-state index contributed by atoms with van der Waals surface area (Å²) in [6.45, 7) is 4.12. The van der Waals surface area contributed by atoms with E-state index in [1.807, 2.05) is 24.3 Å². The zero-order valence-corrected chi connectivity index (χ0v) is 12.3. The first-order chi connectivity index (χ1) is 9.51. The summed E-state index contributed by atoms with van der Waals surface area (Å²) < 4.78 is 0. The maximum atomic E-state index is 11.2. The lowest BCUT2D eigenvalue weighted by Crippen LogP contribution is -2.38. The number of aliphatic hydroxyl groups excluding tert-OH is 1. The molecule has 1 aromatic rings. The lowest BCUT2D eigenvalue weighted by molar-refractivity contribution is -0.118. The Balaban J connectivity index is 2.05. The molecule has 4 nitrogen and oxygen atoms in total. The van der Waals surface area contributed by atoms with Gasteiger partial charge in [-0.3, -0.25) is 4.79 Å². The van der Waals surface area contributed by atoms with Gasteiger partial charge in [0.25, 0.3) is 0 Å². The Morgan fingerprint density at radius 2 is 2.10 bits per heavy atom. The maximum absolute atomic E-state index is 11.2. The third kappa shape index (κ3) is 3.73. The van der Waals surface area contributed by atoms with Gasteiger partial charge in [0.15, 0.2) is 0 Å². The molecule has 1 saturated carbocycles. The van der Waals surface area contributed by atoms with E-state index >= 15 is 0 Å². The van der Waals surface area contributed by atoms with Crippen LogP contribution in [0.2, 0.25) is 0 Å². The zero-order chi connectivity index (χ0) is 14.6. The highest BCUT2D eigenvalue weighted by molar-refractivity contribution is 5.91. The van der Waals surface area contributed by atoms with Gasteiger partial charge in [-0.1, -0.05) is 32.8 Å². The second-order valence-electron chi connectivity index (χ2n) is 6.22. The fourth-order valence-electron chi connectivity index (χ4n) is 2.85. The largest absolute Gasteiger partial charge is 0.387 e. The number of aliphatic hydroxyl groups is 1. The van der Waals surface area contributed by atoms with Crippen LogP contribution in [0.3, 0.4) is 0 Å². The van der Waals surface area contributed by atoms with Gasteiger partial charge in [0.2, 0.25) is 5.91 Å². The van der Waals surface area contributed by atoms with E-state index < -0.39 is 6.61 Å². The molecule has 0 heterocycles. The SMILES string of the molecule is CC1(C)CCCCC1Nc1cccc(NC(=O)CO)c1. The number of hydrogen-bond donors (Lipinski definition) is 3. The molecular formula is C16H24N2O2. The zero-order valence-electron chi connectivity index (χ0n) is 12.3. The van der Waals surface area contributed by atoms with Gasteiger partial charge in [0, 0.05) is 17.4 Å². The van der Waals surface area contributed by atoms with E-state index in [0.29, 0.717) is 17.1 Å². The molecule has 0 bridgehead atoms. The van der Waals surface area contributed by atoms with E-state index in [-0.39, 0.29) is 5.91 Å². The molecule has 2 rings (SSSR count). The van der Waals surface area contributed by atoms with Gasteiger partial charge in [0.1, 0.15) is 6.61 Å². The smallest absolute Gasteiger partial charge is 0.250 e. The molecule has 1 aromatic carbocycles. The minimum atomic E-state index is -0.493. The van der Waals surface area contributed by atoms with Crippen molar-refractivity contribution in [3.8, 4) is 0 Å². The van der Waals surface area contributed by atoms with Crippen LogP contribution in [-0.2, 0) is 4.79 Å². The van der Waals surface area contributed by atoms with Crippen molar-refractivity contribution in [2.75, 3.05) is 17.2 Å². The number of amides is 1. The summed E-state index contributed by atoms with van der Waals surface area (Å²) >= 11 is 0. The molecule has 20 heavy (non-hydrogen) atoms. The summed E-state index contributed by atoms with van der Waals surface area (Å²) in [5.74, 6) is -0.389. The molecule has 0 spiro atoms. The quantitative estimate of drug-likeness (QED) is 0.792. The first kappa shape index (κ1) is 14.9. The highest BCUT2D eigenvalue weighted by Gasteiger charge is 2.31. The van der Waals surface area contributed by atoms with Gasteiger partial charge in [-0.15, -0.1) is 0 Å². The Morgan fingerprint density at radius 1 is 1.35 bits per heavy atom. The predicted molar refractivity (Wildman–Crippen MR) is 81.8 cm³/mol. The van der Waals surface area contributed by atoms with E-state index in [2.05, 4.69) is 24.5 Å². The Bertz CT molecular complexity index is 471. The molecule has 1 aliphatic carbocycles. The van der Waals surface area contributed by atoms with E-state index in [4.69, 9.17) is 5.11 Å². The third-order valence-corrected chi connectivity index (χ3v) is 4.14. The number of rotatable bonds is 4. The number of carbonyl (C=O) groups is 1. The van der Waals surface area contributed by atoms with Crippen LogP contribution in [-0.4, -0.2) is 23.7 Å².